The van der Waals surface area contributed by atoms with Gasteiger partial charge in [-0.05, 0) is 50.9 Å². The summed E-state index contributed by atoms with van der Waals surface area (Å²) in [7, 11) is 0. The number of ether oxygens (including phenoxy) is 2. The van der Waals surface area contributed by atoms with E-state index in [1.165, 1.54) is 0 Å². The maximum atomic E-state index is 9.02. The first-order valence-electron chi connectivity index (χ1n) is 8.28. The summed E-state index contributed by atoms with van der Waals surface area (Å²) in [4.78, 5) is 2.04. The number of nitrogens with zero attached hydrogens (tertiary/aromatic N) is 1. The lowest BCUT2D eigenvalue weighted by molar-refractivity contribution is 0.160. The second kappa shape index (κ2) is 11.1. The van der Waals surface area contributed by atoms with Crippen molar-refractivity contribution in [3.05, 3.63) is 17.7 Å². The van der Waals surface area contributed by atoms with E-state index in [1.807, 2.05) is 30.9 Å². The molecular formula is C17H30N2O4. The van der Waals surface area contributed by atoms with Gasteiger partial charge in [-0.2, -0.15) is 0 Å². The number of nitrogen functional groups attached to an aromatic ring is 1. The van der Waals surface area contributed by atoms with Crippen LogP contribution in [0, 0.1) is 0 Å². The van der Waals surface area contributed by atoms with E-state index < -0.39 is 0 Å². The molecule has 0 aliphatic rings. The predicted molar refractivity (Wildman–Crippen MR) is 92.1 cm³/mol. The molecule has 1 aromatic rings. The molecule has 0 amide bonds. The fourth-order valence-corrected chi connectivity index (χ4v) is 2.51. The van der Waals surface area contributed by atoms with E-state index >= 15 is 0 Å². The maximum Gasteiger partial charge on any atom is 0.184 e. The first kappa shape index (κ1) is 19.5. The Balaban J connectivity index is 2.69. The molecule has 1 aromatic carbocycles. The normalized spacial score (nSPS) is 11.0. The molecule has 0 spiro atoms. The highest BCUT2D eigenvalue weighted by Gasteiger charge is 2.12. The van der Waals surface area contributed by atoms with E-state index in [9.17, 15) is 0 Å². The highest BCUT2D eigenvalue weighted by atomic mass is 16.5. The molecule has 23 heavy (non-hydrogen) atoms. The minimum Gasteiger partial charge on any atom is -0.490 e. The van der Waals surface area contributed by atoms with E-state index in [-0.39, 0.29) is 13.2 Å². The average Bonchev–Trinajstić information content (AvgIpc) is 2.51. The largest absolute Gasteiger partial charge is 0.490 e. The molecule has 0 radical (unpaired) electrons. The molecular weight excluding hydrogens is 296 g/mol. The van der Waals surface area contributed by atoms with Crippen LogP contribution < -0.4 is 15.2 Å². The Morgan fingerprint density at radius 2 is 1.65 bits per heavy atom. The summed E-state index contributed by atoms with van der Waals surface area (Å²) in [6.07, 6.45) is 1.77. The molecule has 0 bridgehead atoms. The van der Waals surface area contributed by atoms with Crippen molar-refractivity contribution in [1.82, 2.24) is 4.90 Å². The molecule has 4 N–H and O–H groups in total. The van der Waals surface area contributed by atoms with Gasteiger partial charge in [-0.25, -0.2) is 0 Å². The number of aryl methyl sites for hydroxylation is 1. The lowest BCUT2D eigenvalue weighted by Crippen LogP contribution is -2.31. The summed E-state index contributed by atoms with van der Waals surface area (Å²) in [6, 6.07) is 3.91. The lowest BCUT2D eigenvalue weighted by Gasteiger charge is -2.20. The van der Waals surface area contributed by atoms with Gasteiger partial charge in [-0.15, -0.1) is 0 Å². The van der Waals surface area contributed by atoms with Gasteiger partial charge >= 0.3 is 0 Å². The van der Waals surface area contributed by atoms with E-state index in [2.05, 4.69) is 0 Å². The molecule has 0 saturated heterocycles. The average molecular weight is 326 g/mol. The van der Waals surface area contributed by atoms with Crippen molar-refractivity contribution in [3.8, 4) is 11.5 Å². The first-order chi connectivity index (χ1) is 11.2. The summed E-state index contributed by atoms with van der Waals surface area (Å²) in [5, 5.41) is 18.0. The minimum atomic E-state index is 0.102. The van der Waals surface area contributed by atoms with Crippen LogP contribution in [0.1, 0.15) is 25.8 Å². The van der Waals surface area contributed by atoms with Crippen molar-refractivity contribution >= 4 is 5.69 Å². The SMILES string of the molecule is CCOc1cc(CCCN(CCO)CCO)cc(N)c1OCC. The third kappa shape index (κ3) is 6.64. The van der Waals surface area contributed by atoms with Crippen LogP contribution in [0.5, 0.6) is 11.5 Å². The molecule has 0 unspecified atom stereocenters. The second-order valence-electron chi connectivity index (χ2n) is 5.27. The van der Waals surface area contributed by atoms with Gasteiger partial charge in [-0.1, -0.05) is 0 Å². The Bertz CT molecular complexity index is 448. The van der Waals surface area contributed by atoms with Gasteiger partial charge in [0.15, 0.2) is 11.5 Å². The predicted octanol–water partition coefficient (Wildman–Crippen LogP) is 1.29. The zero-order valence-electron chi connectivity index (χ0n) is 14.3. The number of nitrogens with two attached hydrogens (primary N) is 1. The Morgan fingerprint density at radius 1 is 1.00 bits per heavy atom. The summed E-state index contributed by atoms with van der Waals surface area (Å²) in [5.74, 6) is 1.30. The molecule has 0 aromatic heterocycles. The number of anilines is 1. The quantitative estimate of drug-likeness (QED) is 0.502. The van der Waals surface area contributed by atoms with Gasteiger partial charge in [0.1, 0.15) is 0 Å². The summed E-state index contributed by atoms with van der Waals surface area (Å²) >= 11 is 0. The van der Waals surface area contributed by atoms with Crippen molar-refractivity contribution in [2.45, 2.75) is 26.7 Å². The molecule has 132 valence electrons. The fourth-order valence-electron chi connectivity index (χ4n) is 2.51. The monoisotopic (exact) mass is 326 g/mol. The van der Waals surface area contributed by atoms with Crippen LogP contribution in [-0.2, 0) is 6.42 Å². The molecule has 6 heteroatoms. The molecule has 0 fully saturated rings. The Kier molecular flexibility index (Phi) is 9.43. The summed E-state index contributed by atoms with van der Waals surface area (Å²) < 4.78 is 11.2. The standard InChI is InChI=1S/C17H30N2O4/c1-3-22-16-13-14(12-15(18)17(16)23-4-2)6-5-7-19(8-10-20)9-11-21/h12-13,20-21H,3-11,18H2,1-2H3. The van der Waals surface area contributed by atoms with Gasteiger partial charge in [0.05, 0.1) is 32.1 Å². The van der Waals surface area contributed by atoms with Gasteiger partial charge in [0.25, 0.3) is 0 Å². The highest BCUT2D eigenvalue weighted by Crippen LogP contribution is 2.35. The van der Waals surface area contributed by atoms with E-state index in [1.54, 1.807) is 0 Å². The third-order valence-corrected chi connectivity index (χ3v) is 3.50. The van der Waals surface area contributed by atoms with Crippen molar-refractivity contribution in [1.29, 1.82) is 0 Å². The number of hydrogen-bond acceptors (Lipinski definition) is 6. The fraction of sp³-hybridized carbons (Fsp3) is 0.647. The third-order valence-electron chi connectivity index (χ3n) is 3.50. The van der Waals surface area contributed by atoms with Gasteiger partial charge in [-0.3, -0.25) is 4.90 Å². The number of aliphatic hydroxyl groups is 2. The number of benzene rings is 1. The zero-order valence-corrected chi connectivity index (χ0v) is 14.3. The van der Waals surface area contributed by atoms with Crippen LogP contribution in [0.2, 0.25) is 0 Å². The van der Waals surface area contributed by atoms with Crippen molar-refractivity contribution in [2.24, 2.45) is 0 Å². The van der Waals surface area contributed by atoms with Crippen LogP contribution >= 0.6 is 0 Å². The van der Waals surface area contributed by atoms with Crippen molar-refractivity contribution in [3.63, 3.8) is 0 Å². The molecule has 0 aliphatic carbocycles. The van der Waals surface area contributed by atoms with Crippen LogP contribution in [0.15, 0.2) is 12.1 Å². The second-order valence-corrected chi connectivity index (χ2v) is 5.27. The number of hydrogen-bond donors (Lipinski definition) is 3. The topological polar surface area (TPSA) is 88.2 Å². The minimum absolute atomic E-state index is 0.102. The van der Waals surface area contributed by atoms with E-state index in [4.69, 9.17) is 25.4 Å². The van der Waals surface area contributed by atoms with Gasteiger partial charge in [0, 0.05) is 13.1 Å². The van der Waals surface area contributed by atoms with Crippen LogP contribution in [0.25, 0.3) is 0 Å². The number of rotatable bonds is 12. The van der Waals surface area contributed by atoms with E-state index in [0.717, 1.165) is 24.9 Å². The first-order valence-corrected chi connectivity index (χ1v) is 8.28. The molecule has 0 atom stereocenters. The molecule has 1 rings (SSSR count). The molecule has 0 saturated carbocycles. The number of aliphatic hydroxyl groups excluding tert-OH is 2. The van der Waals surface area contributed by atoms with Crippen molar-refractivity contribution in [2.75, 3.05) is 51.8 Å². The summed E-state index contributed by atoms with van der Waals surface area (Å²) in [6.45, 7) is 7.13. The Labute approximate surface area is 138 Å². The zero-order chi connectivity index (χ0) is 17.1. The van der Waals surface area contributed by atoms with Crippen LogP contribution in [0.4, 0.5) is 5.69 Å². The lowest BCUT2D eigenvalue weighted by atomic mass is 10.1. The molecule has 0 aliphatic heterocycles. The maximum absolute atomic E-state index is 9.02. The highest BCUT2D eigenvalue weighted by molar-refractivity contribution is 5.62. The van der Waals surface area contributed by atoms with Crippen molar-refractivity contribution < 1.29 is 19.7 Å². The Morgan fingerprint density at radius 3 is 2.22 bits per heavy atom. The molecule has 6 nitrogen and oxygen atoms in total. The smallest absolute Gasteiger partial charge is 0.184 e. The summed E-state index contributed by atoms with van der Waals surface area (Å²) in [5.41, 5.74) is 7.78. The van der Waals surface area contributed by atoms with Crippen LogP contribution in [0.3, 0.4) is 0 Å². The van der Waals surface area contributed by atoms with Gasteiger partial charge < -0.3 is 25.4 Å². The molecule has 0 heterocycles. The Hall–Kier alpha value is -1.50. The van der Waals surface area contributed by atoms with Crippen LogP contribution in [-0.4, -0.2) is 61.2 Å². The van der Waals surface area contributed by atoms with Gasteiger partial charge in [0.2, 0.25) is 0 Å². The van der Waals surface area contributed by atoms with E-state index in [0.29, 0.717) is 43.5 Å².